The Hall–Kier alpha value is -1.51. The van der Waals surface area contributed by atoms with Crippen LogP contribution in [0.1, 0.15) is 19.0 Å². The first kappa shape index (κ1) is 13.5. The van der Waals surface area contributed by atoms with Crippen molar-refractivity contribution in [3.05, 3.63) is 18.0 Å². The molecule has 0 amide bonds. The molecule has 0 bridgehead atoms. The van der Waals surface area contributed by atoms with Crippen molar-refractivity contribution >= 4 is 21.1 Å². The number of aromatic nitrogens is 2. The molecule has 1 atom stereocenters. The molecule has 1 fully saturated rings. The second-order valence-corrected chi connectivity index (χ2v) is 6.86. The number of nitrogens with two attached hydrogens (primary N) is 1. The maximum atomic E-state index is 12.5. The largest absolute Gasteiger partial charge is 0.336 e. The zero-order valence-corrected chi connectivity index (χ0v) is 11.9. The van der Waals surface area contributed by atoms with Gasteiger partial charge in [0, 0.05) is 19.1 Å². The summed E-state index contributed by atoms with van der Waals surface area (Å²) < 4.78 is 31.5. The molecule has 0 saturated carbocycles. The van der Waals surface area contributed by atoms with Crippen LogP contribution in [-0.4, -0.2) is 42.0 Å². The van der Waals surface area contributed by atoms with E-state index in [4.69, 9.17) is 10.3 Å². The minimum absolute atomic E-state index is 0.0942. The minimum Gasteiger partial charge on any atom is -0.336 e. The van der Waals surface area contributed by atoms with Gasteiger partial charge in [-0.15, -0.1) is 0 Å². The van der Waals surface area contributed by atoms with E-state index in [1.165, 1.54) is 10.5 Å². The van der Waals surface area contributed by atoms with Crippen LogP contribution in [0.5, 0.6) is 0 Å². The highest BCUT2D eigenvalue weighted by molar-refractivity contribution is 7.89. The highest BCUT2D eigenvalue weighted by Gasteiger charge is 2.31. The fourth-order valence-electron chi connectivity index (χ4n) is 2.38. The molecule has 108 valence electrons. The molecule has 3 heterocycles. The average Bonchev–Trinajstić information content (AvgIpc) is 3.04. The summed E-state index contributed by atoms with van der Waals surface area (Å²) in [6.45, 7) is 2.73. The van der Waals surface area contributed by atoms with Gasteiger partial charge in [-0.3, -0.25) is 0 Å². The summed E-state index contributed by atoms with van der Waals surface area (Å²) in [5.41, 5.74) is 6.84. The standard InChI is InChI=1S/C12H16N4O3S/c1-2-11-10-5-9(6-14-12(10)19-15-11)20(17,18)16-4-3-8(13)7-16/h5-6,8H,2-4,7,13H2,1H3/t8-/m0/s1. The summed E-state index contributed by atoms with van der Waals surface area (Å²) in [4.78, 5) is 4.20. The van der Waals surface area contributed by atoms with Crippen molar-refractivity contribution in [2.24, 2.45) is 5.73 Å². The number of aryl methyl sites for hydroxylation is 1. The Morgan fingerprint density at radius 3 is 3.00 bits per heavy atom. The van der Waals surface area contributed by atoms with Gasteiger partial charge < -0.3 is 10.3 Å². The van der Waals surface area contributed by atoms with Crippen molar-refractivity contribution in [2.75, 3.05) is 13.1 Å². The Labute approximate surface area is 116 Å². The second kappa shape index (κ2) is 4.80. The van der Waals surface area contributed by atoms with Gasteiger partial charge >= 0.3 is 0 Å². The molecule has 8 heteroatoms. The molecule has 3 rings (SSSR count). The van der Waals surface area contributed by atoms with Crippen molar-refractivity contribution in [2.45, 2.75) is 30.7 Å². The Bertz CT molecular complexity index is 740. The molecular formula is C12H16N4O3S. The van der Waals surface area contributed by atoms with Gasteiger partial charge in [-0.1, -0.05) is 12.1 Å². The first-order chi connectivity index (χ1) is 9.52. The number of rotatable bonds is 3. The molecule has 0 aliphatic carbocycles. The van der Waals surface area contributed by atoms with E-state index >= 15 is 0 Å². The van der Waals surface area contributed by atoms with Crippen LogP contribution in [-0.2, 0) is 16.4 Å². The quantitative estimate of drug-likeness (QED) is 0.885. The van der Waals surface area contributed by atoms with Gasteiger partial charge in [0.05, 0.1) is 17.3 Å². The van der Waals surface area contributed by atoms with Gasteiger partial charge in [-0.2, -0.15) is 4.31 Å². The van der Waals surface area contributed by atoms with Gasteiger partial charge in [0.1, 0.15) is 4.90 Å². The number of pyridine rings is 1. The van der Waals surface area contributed by atoms with Gasteiger partial charge in [-0.05, 0) is 18.9 Å². The fourth-order valence-corrected chi connectivity index (χ4v) is 3.86. The van der Waals surface area contributed by atoms with Gasteiger partial charge in [0.25, 0.3) is 5.71 Å². The van der Waals surface area contributed by atoms with E-state index in [1.807, 2.05) is 6.92 Å². The van der Waals surface area contributed by atoms with Crippen molar-refractivity contribution in [1.82, 2.24) is 14.4 Å². The van der Waals surface area contributed by atoms with Crippen LogP contribution in [0.25, 0.3) is 11.1 Å². The first-order valence-electron chi connectivity index (χ1n) is 6.52. The summed E-state index contributed by atoms with van der Waals surface area (Å²) in [5.74, 6) is 0. The van der Waals surface area contributed by atoms with Crippen LogP contribution in [0.3, 0.4) is 0 Å². The smallest absolute Gasteiger partial charge is 0.258 e. The lowest BCUT2D eigenvalue weighted by Gasteiger charge is -2.15. The zero-order valence-electron chi connectivity index (χ0n) is 11.1. The Balaban J connectivity index is 2.05. The van der Waals surface area contributed by atoms with E-state index < -0.39 is 10.0 Å². The number of nitrogens with zero attached hydrogens (tertiary/aromatic N) is 3. The highest BCUT2D eigenvalue weighted by atomic mass is 32.2. The minimum atomic E-state index is -3.54. The van der Waals surface area contributed by atoms with E-state index in [-0.39, 0.29) is 10.9 Å². The molecule has 1 aliphatic rings. The molecule has 0 unspecified atom stereocenters. The molecule has 0 aromatic carbocycles. The van der Waals surface area contributed by atoms with E-state index in [9.17, 15) is 8.42 Å². The first-order valence-corrected chi connectivity index (χ1v) is 7.96. The SMILES string of the molecule is CCc1noc2ncc(S(=O)(=O)N3CC[C@H](N)C3)cc12. The molecule has 1 aliphatic heterocycles. The molecule has 2 aromatic rings. The van der Waals surface area contributed by atoms with Gasteiger partial charge in [0.2, 0.25) is 10.0 Å². The lowest BCUT2D eigenvalue weighted by atomic mass is 10.2. The monoisotopic (exact) mass is 296 g/mol. The third kappa shape index (κ3) is 2.09. The van der Waals surface area contributed by atoms with Crippen LogP contribution < -0.4 is 5.73 Å². The van der Waals surface area contributed by atoms with Crippen molar-refractivity contribution in [3.8, 4) is 0 Å². The summed E-state index contributed by atoms with van der Waals surface area (Å²) in [6.07, 6.45) is 2.65. The molecule has 1 saturated heterocycles. The fraction of sp³-hybridized carbons (Fsp3) is 0.500. The summed E-state index contributed by atoms with van der Waals surface area (Å²) in [5, 5.41) is 4.53. The van der Waals surface area contributed by atoms with Crippen LogP contribution in [0.15, 0.2) is 21.7 Å². The van der Waals surface area contributed by atoms with E-state index in [0.717, 1.165) is 0 Å². The van der Waals surface area contributed by atoms with Gasteiger partial charge in [0.15, 0.2) is 0 Å². The van der Waals surface area contributed by atoms with Crippen LogP contribution in [0, 0.1) is 0 Å². The Morgan fingerprint density at radius 2 is 2.35 bits per heavy atom. The van der Waals surface area contributed by atoms with Crippen molar-refractivity contribution < 1.29 is 12.9 Å². The maximum Gasteiger partial charge on any atom is 0.258 e. The third-order valence-electron chi connectivity index (χ3n) is 3.54. The maximum absolute atomic E-state index is 12.5. The van der Waals surface area contributed by atoms with Crippen LogP contribution in [0.4, 0.5) is 0 Å². The molecule has 20 heavy (non-hydrogen) atoms. The average molecular weight is 296 g/mol. The van der Waals surface area contributed by atoms with Crippen LogP contribution >= 0.6 is 0 Å². The van der Waals surface area contributed by atoms with Crippen molar-refractivity contribution in [1.29, 1.82) is 0 Å². The summed E-state index contributed by atoms with van der Waals surface area (Å²) in [6, 6.07) is 1.49. The van der Waals surface area contributed by atoms with E-state index in [0.29, 0.717) is 42.7 Å². The molecule has 7 nitrogen and oxygen atoms in total. The topological polar surface area (TPSA) is 102 Å². The molecule has 2 N–H and O–H groups in total. The number of fused-ring (bicyclic) bond motifs is 1. The lowest BCUT2D eigenvalue weighted by molar-refractivity contribution is 0.439. The second-order valence-electron chi connectivity index (χ2n) is 4.92. The van der Waals surface area contributed by atoms with Crippen LogP contribution in [0.2, 0.25) is 0 Å². The van der Waals surface area contributed by atoms with Gasteiger partial charge in [-0.25, -0.2) is 13.4 Å². The summed E-state index contributed by atoms with van der Waals surface area (Å²) in [7, 11) is -3.54. The lowest BCUT2D eigenvalue weighted by Crippen LogP contribution is -2.32. The Morgan fingerprint density at radius 1 is 1.55 bits per heavy atom. The highest BCUT2D eigenvalue weighted by Crippen LogP contribution is 2.24. The third-order valence-corrected chi connectivity index (χ3v) is 5.37. The molecular weight excluding hydrogens is 280 g/mol. The molecule has 0 radical (unpaired) electrons. The zero-order chi connectivity index (χ0) is 14.3. The molecule has 2 aromatic heterocycles. The Kier molecular flexibility index (Phi) is 3.23. The normalized spacial score (nSPS) is 20.8. The van der Waals surface area contributed by atoms with E-state index in [2.05, 4.69) is 10.1 Å². The predicted molar refractivity (Wildman–Crippen MR) is 72.5 cm³/mol. The number of hydrogen-bond acceptors (Lipinski definition) is 6. The molecule has 0 spiro atoms. The van der Waals surface area contributed by atoms with E-state index in [1.54, 1.807) is 6.07 Å². The number of hydrogen-bond donors (Lipinski definition) is 1. The summed E-state index contributed by atoms with van der Waals surface area (Å²) >= 11 is 0. The van der Waals surface area contributed by atoms with Crippen molar-refractivity contribution in [3.63, 3.8) is 0 Å². The number of sulfonamides is 1. The predicted octanol–water partition coefficient (Wildman–Crippen LogP) is 0.507.